The molecular weight excluding hydrogens is 240 g/mol. The van der Waals surface area contributed by atoms with Crippen molar-refractivity contribution in [1.82, 2.24) is 14.8 Å². The Morgan fingerprint density at radius 1 is 1.32 bits per heavy atom. The zero-order valence-electron chi connectivity index (χ0n) is 11.1. The lowest BCUT2D eigenvalue weighted by atomic mass is 10.2. The van der Waals surface area contributed by atoms with Crippen molar-refractivity contribution in [2.45, 2.75) is 19.9 Å². The summed E-state index contributed by atoms with van der Waals surface area (Å²) in [6, 6.07) is 8.28. The molecule has 5 heteroatoms. The maximum atomic E-state index is 5.62. The molecule has 3 aromatic rings. The summed E-state index contributed by atoms with van der Waals surface area (Å²) in [5, 5.41) is 7.62. The Balaban J connectivity index is 1.78. The van der Waals surface area contributed by atoms with Gasteiger partial charge in [-0.1, -0.05) is 19.1 Å². The van der Waals surface area contributed by atoms with Gasteiger partial charge in [0, 0.05) is 25.4 Å². The summed E-state index contributed by atoms with van der Waals surface area (Å²) in [5.41, 5.74) is 3.94. The predicted octanol–water partition coefficient (Wildman–Crippen LogP) is 2.74. The normalized spacial score (nSPS) is 11.1. The summed E-state index contributed by atoms with van der Waals surface area (Å²) in [7, 11) is 1.93. The standard InChI is InChI=1S/C14H16N4O/c1-3-11-10(9-18(2)17-11)8-15-14-16-12-6-4-5-7-13(12)19-14/h4-7,9H,3,8H2,1-2H3,(H,15,16). The first-order valence-corrected chi connectivity index (χ1v) is 6.37. The van der Waals surface area contributed by atoms with Crippen LogP contribution >= 0.6 is 0 Å². The van der Waals surface area contributed by atoms with Crippen LogP contribution in [0.2, 0.25) is 0 Å². The van der Waals surface area contributed by atoms with Crippen LogP contribution in [-0.2, 0) is 20.0 Å². The highest BCUT2D eigenvalue weighted by Crippen LogP contribution is 2.19. The van der Waals surface area contributed by atoms with Crippen molar-refractivity contribution in [2.24, 2.45) is 7.05 Å². The summed E-state index contributed by atoms with van der Waals surface area (Å²) in [6.07, 6.45) is 2.94. The van der Waals surface area contributed by atoms with E-state index in [1.54, 1.807) is 0 Å². The van der Waals surface area contributed by atoms with Gasteiger partial charge in [0.25, 0.3) is 6.01 Å². The average Bonchev–Trinajstić information content (AvgIpc) is 2.98. The number of rotatable bonds is 4. The SMILES string of the molecule is CCc1nn(C)cc1CNc1nc2ccccc2o1. The lowest BCUT2D eigenvalue weighted by Crippen LogP contribution is -2.01. The molecule has 0 radical (unpaired) electrons. The van der Waals surface area contributed by atoms with Gasteiger partial charge in [0.1, 0.15) is 5.52 Å². The van der Waals surface area contributed by atoms with E-state index in [1.807, 2.05) is 42.2 Å². The molecular formula is C14H16N4O. The van der Waals surface area contributed by atoms with E-state index in [4.69, 9.17) is 4.42 Å². The fourth-order valence-electron chi connectivity index (χ4n) is 2.15. The molecule has 1 N–H and O–H groups in total. The van der Waals surface area contributed by atoms with E-state index >= 15 is 0 Å². The number of para-hydroxylation sites is 2. The minimum Gasteiger partial charge on any atom is -0.424 e. The number of aryl methyl sites for hydroxylation is 2. The summed E-state index contributed by atoms with van der Waals surface area (Å²) < 4.78 is 7.46. The lowest BCUT2D eigenvalue weighted by molar-refractivity contribution is 0.614. The van der Waals surface area contributed by atoms with Crippen molar-refractivity contribution < 1.29 is 4.42 Å². The third-order valence-corrected chi connectivity index (χ3v) is 3.05. The molecule has 0 spiro atoms. The number of fused-ring (bicyclic) bond motifs is 1. The Morgan fingerprint density at radius 3 is 2.95 bits per heavy atom. The van der Waals surface area contributed by atoms with Gasteiger partial charge in [0.15, 0.2) is 5.58 Å². The minimum atomic E-state index is 0.548. The Hall–Kier alpha value is -2.30. The second kappa shape index (κ2) is 4.76. The molecule has 0 bridgehead atoms. The van der Waals surface area contributed by atoms with Crippen LogP contribution < -0.4 is 5.32 Å². The van der Waals surface area contributed by atoms with Crippen LogP contribution in [0.15, 0.2) is 34.9 Å². The van der Waals surface area contributed by atoms with Crippen molar-refractivity contribution in [3.8, 4) is 0 Å². The molecule has 2 heterocycles. The second-order valence-corrected chi connectivity index (χ2v) is 4.47. The van der Waals surface area contributed by atoms with Gasteiger partial charge >= 0.3 is 0 Å². The van der Waals surface area contributed by atoms with Gasteiger partial charge in [-0.25, -0.2) is 0 Å². The van der Waals surface area contributed by atoms with Crippen LogP contribution in [0.5, 0.6) is 0 Å². The number of hydrogen-bond acceptors (Lipinski definition) is 4. The highest BCUT2D eigenvalue weighted by Gasteiger charge is 2.08. The molecule has 98 valence electrons. The van der Waals surface area contributed by atoms with E-state index in [9.17, 15) is 0 Å². The summed E-state index contributed by atoms with van der Waals surface area (Å²) >= 11 is 0. The van der Waals surface area contributed by atoms with Crippen LogP contribution in [0, 0.1) is 0 Å². The van der Waals surface area contributed by atoms with E-state index < -0.39 is 0 Å². The largest absolute Gasteiger partial charge is 0.424 e. The first-order chi connectivity index (χ1) is 9.26. The Morgan fingerprint density at radius 2 is 2.16 bits per heavy atom. The molecule has 0 aliphatic heterocycles. The topological polar surface area (TPSA) is 55.9 Å². The van der Waals surface area contributed by atoms with Crippen molar-refractivity contribution in [3.63, 3.8) is 0 Å². The minimum absolute atomic E-state index is 0.548. The number of benzene rings is 1. The first kappa shape index (κ1) is 11.8. The van der Waals surface area contributed by atoms with Crippen molar-refractivity contribution in [3.05, 3.63) is 41.7 Å². The van der Waals surface area contributed by atoms with E-state index in [2.05, 4.69) is 22.3 Å². The quantitative estimate of drug-likeness (QED) is 0.779. The third-order valence-electron chi connectivity index (χ3n) is 3.05. The van der Waals surface area contributed by atoms with Crippen molar-refractivity contribution >= 4 is 17.1 Å². The van der Waals surface area contributed by atoms with Gasteiger partial charge in [-0.2, -0.15) is 10.1 Å². The van der Waals surface area contributed by atoms with Crippen LogP contribution in [0.4, 0.5) is 6.01 Å². The third kappa shape index (κ3) is 2.31. The van der Waals surface area contributed by atoms with Gasteiger partial charge in [-0.15, -0.1) is 0 Å². The molecule has 19 heavy (non-hydrogen) atoms. The number of anilines is 1. The predicted molar refractivity (Wildman–Crippen MR) is 73.9 cm³/mol. The number of aromatic nitrogens is 3. The fraction of sp³-hybridized carbons (Fsp3) is 0.286. The fourth-order valence-corrected chi connectivity index (χ4v) is 2.15. The molecule has 1 aromatic carbocycles. The molecule has 0 aliphatic rings. The van der Waals surface area contributed by atoms with Crippen LogP contribution in [0.25, 0.3) is 11.1 Å². The molecule has 0 saturated heterocycles. The molecule has 0 atom stereocenters. The first-order valence-electron chi connectivity index (χ1n) is 6.37. The molecule has 0 fully saturated rings. The maximum Gasteiger partial charge on any atom is 0.295 e. The molecule has 0 saturated carbocycles. The number of nitrogens with one attached hydrogen (secondary N) is 1. The van der Waals surface area contributed by atoms with Gasteiger partial charge in [0.05, 0.1) is 5.69 Å². The Labute approximate surface area is 111 Å². The molecule has 0 amide bonds. The smallest absolute Gasteiger partial charge is 0.295 e. The van der Waals surface area contributed by atoms with E-state index in [0.29, 0.717) is 12.6 Å². The van der Waals surface area contributed by atoms with Crippen molar-refractivity contribution in [1.29, 1.82) is 0 Å². The zero-order valence-corrected chi connectivity index (χ0v) is 11.1. The Bertz CT molecular complexity index is 665. The van der Waals surface area contributed by atoms with E-state index in [-0.39, 0.29) is 0 Å². The van der Waals surface area contributed by atoms with Crippen LogP contribution in [0.3, 0.4) is 0 Å². The molecule has 2 aromatic heterocycles. The van der Waals surface area contributed by atoms with E-state index in [1.165, 1.54) is 5.56 Å². The second-order valence-electron chi connectivity index (χ2n) is 4.47. The highest BCUT2D eigenvalue weighted by atomic mass is 16.4. The van der Waals surface area contributed by atoms with Crippen LogP contribution in [-0.4, -0.2) is 14.8 Å². The molecule has 3 rings (SSSR count). The number of oxazole rings is 1. The average molecular weight is 256 g/mol. The summed E-state index contributed by atoms with van der Waals surface area (Å²) in [4.78, 5) is 4.39. The van der Waals surface area contributed by atoms with Crippen LogP contribution in [0.1, 0.15) is 18.2 Å². The Kier molecular flexibility index (Phi) is 2.95. The molecule has 5 nitrogen and oxygen atoms in total. The monoisotopic (exact) mass is 256 g/mol. The van der Waals surface area contributed by atoms with Gasteiger partial charge in [-0.05, 0) is 18.6 Å². The zero-order chi connectivity index (χ0) is 13.2. The summed E-state index contributed by atoms with van der Waals surface area (Å²) in [5.74, 6) is 0. The number of nitrogens with zero attached hydrogens (tertiary/aromatic N) is 3. The highest BCUT2D eigenvalue weighted by molar-refractivity contribution is 5.74. The summed E-state index contributed by atoms with van der Waals surface area (Å²) in [6.45, 7) is 2.77. The van der Waals surface area contributed by atoms with Crippen molar-refractivity contribution in [2.75, 3.05) is 5.32 Å². The molecule has 0 aliphatic carbocycles. The van der Waals surface area contributed by atoms with Gasteiger partial charge in [0.2, 0.25) is 0 Å². The molecule has 0 unspecified atom stereocenters. The lowest BCUT2D eigenvalue weighted by Gasteiger charge is -2.00. The van der Waals surface area contributed by atoms with Gasteiger partial charge in [-0.3, -0.25) is 4.68 Å². The van der Waals surface area contributed by atoms with E-state index in [0.717, 1.165) is 23.2 Å². The number of hydrogen-bond donors (Lipinski definition) is 1. The van der Waals surface area contributed by atoms with Gasteiger partial charge < -0.3 is 9.73 Å². The maximum absolute atomic E-state index is 5.62.